The number of hydrogen-bond donors (Lipinski definition) is 0. The molecule has 5 nitrogen and oxygen atoms in total. The van der Waals surface area contributed by atoms with E-state index in [1.807, 2.05) is 0 Å². The summed E-state index contributed by atoms with van der Waals surface area (Å²) in [7, 11) is 0. The van der Waals surface area contributed by atoms with Crippen LogP contribution in [-0.4, -0.2) is 47.7 Å². The third-order valence-electron chi connectivity index (χ3n) is 2.53. The fourth-order valence-electron chi connectivity index (χ4n) is 1.82. The number of rotatable bonds is 11. The summed E-state index contributed by atoms with van der Waals surface area (Å²) in [5.41, 5.74) is 0. The second kappa shape index (κ2) is 9.55. The first-order valence-electron chi connectivity index (χ1n) is 6.53. The molecule has 0 N–H and O–H groups in total. The molecule has 0 bridgehead atoms. The summed E-state index contributed by atoms with van der Waals surface area (Å²) in [6, 6.07) is 0. The molecule has 108 valence electrons. The average molecular weight is 269 g/mol. The van der Waals surface area contributed by atoms with Crippen LogP contribution in [0, 0.1) is 0 Å². The Morgan fingerprint density at radius 3 is 1.58 bits per heavy atom. The van der Waals surface area contributed by atoms with Crippen LogP contribution in [0.3, 0.4) is 0 Å². The van der Waals surface area contributed by atoms with Crippen LogP contribution in [-0.2, 0) is 19.2 Å². The largest absolute Gasteiger partial charge is 0.300 e. The Morgan fingerprint density at radius 2 is 1.16 bits per heavy atom. The molecule has 0 radical (unpaired) electrons. The molecule has 0 aromatic heterocycles. The van der Waals surface area contributed by atoms with E-state index in [-0.39, 0.29) is 42.8 Å². The molecule has 0 aromatic rings. The van der Waals surface area contributed by atoms with Crippen LogP contribution in [0.25, 0.3) is 0 Å². The van der Waals surface area contributed by atoms with Crippen molar-refractivity contribution in [2.24, 2.45) is 0 Å². The predicted molar refractivity (Wildman–Crippen MR) is 72.0 cm³/mol. The van der Waals surface area contributed by atoms with Gasteiger partial charge >= 0.3 is 0 Å². The quantitative estimate of drug-likeness (QED) is 0.527. The van der Waals surface area contributed by atoms with Crippen molar-refractivity contribution in [3.63, 3.8) is 0 Å². The minimum Gasteiger partial charge on any atom is -0.300 e. The van der Waals surface area contributed by atoms with Crippen LogP contribution in [0.15, 0.2) is 0 Å². The Kier molecular flexibility index (Phi) is 8.87. The van der Waals surface area contributed by atoms with E-state index >= 15 is 0 Å². The van der Waals surface area contributed by atoms with Gasteiger partial charge in [-0.15, -0.1) is 0 Å². The molecule has 5 heteroatoms. The van der Waals surface area contributed by atoms with E-state index in [9.17, 15) is 19.2 Å². The fourth-order valence-corrected chi connectivity index (χ4v) is 1.82. The van der Waals surface area contributed by atoms with Crippen molar-refractivity contribution in [3.8, 4) is 0 Å². The summed E-state index contributed by atoms with van der Waals surface area (Å²) in [5.74, 6) is 0.00421. The first-order valence-corrected chi connectivity index (χ1v) is 6.53. The topological polar surface area (TPSA) is 71.5 Å². The zero-order valence-electron chi connectivity index (χ0n) is 12.0. The highest BCUT2D eigenvalue weighted by molar-refractivity contribution is 5.84. The van der Waals surface area contributed by atoms with Gasteiger partial charge in [-0.25, -0.2) is 0 Å². The van der Waals surface area contributed by atoms with Gasteiger partial charge in [0.1, 0.15) is 23.1 Å². The van der Waals surface area contributed by atoms with Crippen LogP contribution < -0.4 is 0 Å². The van der Waals surface area contributed by atoms with Gasteiger partial charge in [-0.1, -0.05) is 0 Å². The Morgan fingerprint density at radius 1 is 0.684 bits per heavy atom. The zero-order chi connectivity index (χ0) is 14.8. The maximum Gasteiger partial charge on any atom is 0.146 e. The van der Waals surface area contributed by atoms with Gasteiger partial charge in [0.25, 0.3) is 0 Å². The Balaban J connectivity index is 4.04. The molecule has 0 atom stereocenters. The van der Waals surface area contributed by atoms with E-state index in [1.54, 1.807) is 4.90 Å². The maximum absolute atomic E-state index is 11.7. The summed E-state index contributed by atoms with van der Waals surface area (Å²) in [4.78, 5) is 46.1. The van der Waals surface area contributed by atoms with Crippen LogP contribution in [0.2, 0.25) is 0 Å². The van der Waals surface area contributed by atoms with E-state index in [2.05, 4.69) is 0 Å². The lowest BCUT2D eigenvalue weighted by molar-refractivity contribution is -0.124. The molecule has 0 fully saturated rings. The summed E-state index contributed by atoms with van der Waals surface area (Å²) in [6.45, 7) is 4.77. The van der Waals surface area contributed by atoms with Crippen molar-refractivity contribution in [2.75, 3.05) is 19.6 Å². The number of carbonyl (C=O) groups is 4. The van der Waals surface area contributed by atoms with Crippen molar-refractivity contribution in [3.05, 3.63) is 0 Å². The molecule has 0 amide bonds. The van der Waals surface area contributed by atoms with E-state index < -0.39 is 0 Å². The van der Waals surface area contributed by atoms with Gasteiger partial charge in [0.05, 0.1) is 19.6 Å². The van der Waals surface area contributed by atoms with E-state index in [1.165, 1.54) is 20.8 Å². The van der Waals surface area contributed by atoms with Crippen molar-refractivity contribution in [1.29, 1.82) is 0 Å². The highest BCUT2D eigenvalue weighted by atomic mass is 16.1. The number of unbranched alkanes of at least 4 members (excludes halogenated alkanes) is 1. The van der Waals surface area contributed by atoms with Gasteiger partial charge in [-0.2, -0.15) is 0 Å². The Labute approximate surface area is 114 Å². The predicted octanol–water partition coefficient (Wildman–Crippen LogP) is 1.18. The third kappa shape index (κ3) is 11.5. The summed E-state index contributed by atoms with van der Waals surface area (Å²) >= 11 is 0. The lowest BCUT2D eigenvalue weighted by Crippen LogP contribution is -2.37. The number of Topliss-reactive ketones (excluding diaryl/α,β-unsaturated/α-hetero) is 4. The highest BCUT2D eigenvalue weighted by Crippen LogP contribution is 2.03. The molecule has 0 aliphatic rings. The normalized spacial score (nSPS) is 10.5. The van der Waals surface area contributed by atoms with Gasteiger partial charge in [0.2, 0.25) is 0 Å². The number of hydrogen-bond acceptors (Lipinski definition) is 5. The van der Waals surface area contributed by atoms with E-state index in [4.69, 9.17) is 0 Å². The van der Waals surface area contributed by atoms with Crippen LogP contribution in [0.5, 0.6) is 0 Å². The monoisotopic (exact) mass is 269 g/mol. The lowest BCUT2D eigenvalue weighted by atomic mass is 10.1. The molecule has 0 saturated carbocycles. The molecule has 0 aliphatic heterocycles. The average Bonchev–Trinajstić information content (AvgIpc) is 2.22. The Bertz CT molecular complexity index is 333. The van der Waals surface area contributed by atoms with Crippen molar-refractivity contribution in [2.45, 2.75) is 46.5 Å². The molecule has 0 unspecified atom stereocenters. The summed E-state index contributed by atoms with van der Waals surface area (Å²) in [6.07, 6.45) is 2.27. The standard InChI is InChI=1S/C14H23NO4/c1-11(16)6-4-5-7-14(19)10-15(8-12(2)17)9-13(3)18/h4-10H2,1-3H3. The first-order chi connectivity index (χ1) is 8.81. The minimum atomic E-state index is -0.0642. The molecule has 0 rings (SSSR count). The van der Waals surface area contributed by atoms with E-state index in [0.717, 1.165) is 0 Å². The minimum absolute atomic E-state index is 0.00560. The molecule has 0 aromatic carbocycles. The molecule has 0 saturated heterocycles. The molecule has 0 spiro atoms. The first kappa shape index (κ1) is 17.6. The highest BCUT2D eigenvalue weighted by Gasteiger charge is 2.14. The molecule has 0 heterocycles. The van der Waals surface area contributed by atoms with Crippen LogP contribution >= 0.6 is 0 Å². The van der Waals surface area contributed by atoms with Gasteiger partial charge in [0.15, 0.2) is 0 Å². The van der Waals surface area contributed by atoms with Gasteiger partial charge in [0, 0.05) is 12.8 Å². The number of carbonyl (C=O) groups excluding carboxylic acids is 4. The number of nitrogens with zero attached hydrogens (tertiary/aromatic N) is 1. The molecular weight excluding hydrogens is 246 g/mol. The van der Waals surface area contributed by atoms with Gasteiger partial charge < -0.3 is 4.79 Å². The number of ketones is 4. The summed E-state index contributed by atoms with van der Waals surface area (Å²) in [5, 5.41) is 0. The molecule has 0 aliphatic carbocycles. The van der Waals surface area contributed by atoms with Gasteiger partial charge in [-0.05, 0) is 33.6 Å². The van der Waals surface area contributed by atoms with Crippen molar-refractivity contribution >= 4 is 23.1 Å². The van der Waals surface area contributed by atoms with E-state index in [0.29, 0.717) is 25.7 Å². The maximum atomic E-state index is 11.7. The lowest BCUT2D eigenvalue weighted by Gasteiger charge is -2.18. The smallest absolute Gasteiger partial charge is 0.146 e. The molecular formula is C14H23NO4. The van der Waals surface area contributed by atoms with Crippen LogP contribution in [0.1, 0.15) is 46.5 Å². The van der Waals surface area contributed by atoms with Crippen LogP contribution in [0.4, 0.5) is 0 Å². The van der Waals surface area contributed by atoms with Gasteiger partial charge in [-0.3, -0.25) is 19.3 Å². The second-order valence-corrected chi connectivity index (χ2v) is 5.00. The zero-order valence-corrected chi connectivity index (χ0v) is 12.0. The third-order valence-corrected chi connectivity index (χ3v) is 2.53. The fraction of sp³-hybridized carbons (Fsp3) is 0.714. The SMILES string of the molecule is CC(=O)CCCCC(=O)CN(CC(C)=O)CC(C)=O. The van der Waals surface area contributed by atoms with Crippen molar-refractivity contribution < 1.29 is 19.2 Å². The molecule has 19 heavy (non-hydrogen) atoms. The Hall–Kier alpha value is -1.36. The second-order valence-electron chi connectivity index (χ2n) is 5.00. The van der Waals surface area contributed by atoms with Crippen molar-refractivity contribution in [1.82, 2.24) is 4.90 Å². The summed E-state index contributed by atoms with van der Waals surface area (Å²) < 4.78 is 0.